The highest BCUT2D eigenvalue weighted by Gasteiger charge is 2.18. The van der Waals surface area contributed by atoms with E-state index in [1.165, 1.54) is 35.1 Å². The van der Waals surface area contributed by atoms with Gasteiger partial charge in [-0.15, -0.1) is 0 Å². The fraction of sp³-hybridized carbons (Fsp3) is 0.158. The van der Waals surface area contributed by atoms with Gasteiger partial charge in [0.05, 0.1) is 45.4 Å². The van der Waals surface area contributed by atoms with Crippen LogP contribution in [0.1, 0.15) is 6.92 Å². The SMILES string of the molecule is CC(Cn1cc(Cl)cn1)C(=O)Nc1cc(Oc2ccc(Cl)cc2Cl)cc([N+](=O)[O-])c1. The van der Waals surface area contributed by atoms with E-state index in [1.54, 1.807) is 25.3 Å². The molecule has 1 aromatic heterocycles. The van der Waals surface area contributed by atoms with Gasteiger partial charge >= 0.3 is 0 Å². The Hall–Kier alpha value is -2.81. The molecule has 3 aromatic rings. The van der Waals surface area contributed by atoms with Gasteiger partial charge in [0.25, 0.3) is 5.69 Å². The summed E-state index contributed by atoms with van der Waals surface area (Å²) >= 11 is 17.8. The Kier molecular flexibility index (Phi) is 6.81. The Labute approximate surface area is 186 Å². The molecule has 0 saturated carbocycles. The number of rotatable bonds is 7. The molecule has 2 aromatic carbocycles. The summed E-state index contributed by atoms with van der Waals surface area (Å²) in [6, 6.07) is 8.54. The van der Waals surface area contributed by atoms with Crippen molar-refractivity contribution in [2.45, 2.75) is 13.5 Å². The maximum Gasteiger partial charge on any atom is 0.275 e. The summed E-state index contributed by atoms with van der Waals surface area (Å²) in [5, 5.41) is 19.1. The van der Waals surface area contributed by atoms with Gasteiger partial charge in [-0.05, 0) is 18.2 Å². The molecule has 3 rings (SSSR count). The van der Waals surface area contributed by atoms with E-state index in [-0.39, 0.29) is 40.3 Å². The van der Waals surface area contributed by atoms with Gasteiger partial charge in [-0.2, -0.15) is 5.10 Å². The van der Waals surface area contributed by atoms with Crippen molar-refractivity contribution < 1.29 is 14.5 Å². The van der Waals surface area contributed by atoms with Gasteiger partial charge in [-0.3, -0.25) is 19.6 Å². The third-order valence-electron chi connectivity index (χ3n) is 4.00. The van der Waals surface area contributed by atoms with Crippen molar-refractivity contribution in [2.24, 2.45) is 5.92 Å². The molecule has 1 N–H and O–H groups in total. The molecule has 30 heavy (non-hydrogen) atoms. The van der Waals surface area contributed by atoms with Crippen LogP contribution in [-0.4, -0.2) is 20.6 Å². The summed E-state index contributed by atoms with van der Waals surface area (Å²) in [6.45, 7) is 1.99. The fourth-order valence-electron chi connectivity index (χ4n) is 2.57. The Bertz CT molecular complexity index is 1100. The smallest absolute Gasteiger partial charge is 0.275 e. The first kappa shape index (κ1) is 21.9. The average molecular weight is 470 g/mol. The lowest BCUT2D eigenvalue weighted by Gasteiger charge is -2.14. The van der Waals surface area contributed by atoms with Crippen LogP contribution in [0.2, 0.25) is 15.1 Å². The van der Waals surface area contributed by atoms with Gasteiger partial charge in [0, 0.05) is 23.4 Å². The van der Waals surface area contributed by atoms with Crippen LogP contribution in [0.3, 0.4) is 0 Å². The summed E-state index contributed by atoms with van der Waals surface area (Å²) in [5.41, 5.74) is -0.0426. The van der Waals surface area contributed by atoms with Crippen molar-refractivity contribution in [1.29, 1.82) is 0 Å². The Morgan fingerprint density at radius 1 is 1.23 bits per heavy atom. The highest BCUT2D eigenvalue weighted by Crippen LogP contribution is 2.34. The normalized spacial score (nSPS) is 11.7. The molecule has 8 nitrogen and oxygen atoms in total. The molecule has 1 unspecified atom stereocenters. The zero-order chi connectivity index (χ0) is 21.8. The monoisotopic (exact) mass is 468 g/mol. The summed E-state index contributed by atoms with van der Waals surface area (Å²) in [5.74, 6) is -0.425. The topological polar surface area (TPSA) is 99.3 Å². The molecule has 0 saturated heterocycles. The van der Waals surface area contributed by atoms with Crippen molar-refractivity contribution in [3.63, 3.8) is 0 Å². The number of non-ortho nitro benzene ring substituents is 1. The van der Waals surface area contributed by atoms with Crippen molar-refractivity contribution in [1.82, 2.24) is 9.78 Å². The quantitative estimate of drug-likeness (QED) is 0.347. The summed E-state index contributed by atoms with van der Waals surface area (Å²) in [7, 11) is 0. The van der Waals surface area contributed by atoms with E-state index in [4.69, 9.17) is 39.5 Å². The van der Waals surface area contributed by atoms with E-state index in [9.17, 15) is 14.9 Å². The molecule has 0 fully saturated rings. The number of carbonyl (C=O) groups excluding carboxylic acids is 1. The van der Waals surface area contributed by atoms with Crippen LogP contribution >= 0.6 is 34.8 Å². The van der Waals surface area contributed by atoms with Gasteiger partial charge in [0.15, 0.2) is 0 Å². The molecule has 0 bridgehead atoms. The minimum absolute atomic E-state index is 0.134. The molecule has 0 aliphatic carbocycles. The van der Waals surface area contributed by atoms with Crippen LogP contribution in [0.15, 0.2) is 48.8 Å². The minimum Gasteiger partial charge on any atom is -0.455 e. The van der Waals surface area contributed by atoms with E-state index < -0.39 is 10.8 Å². The number of nitro groups is 1. The van der Waals surface area contributed by atoms with Crippen molar-refractivity contribution >= 4 is 52.1 Å². The summed E-state index contributed by atoms with van der Waals surface area (Å²) in [6.07, 6.45) is 3.07. The van der Waals surface area contributed by atoms with E-state index in [2.05, 4.69) is 10.4 Å². The number of halogens is 3. The largest absolute Gasteiger partial charge is 0.455 e. The number of nitro benzene ring substituents is 1. The maximum atomic E-state index is 12.5. The third-order valence-corrected chi connectivity index (χ3v) is 4.73. The molecular weight excluding hydrogens is 455 g/mol. The zero-order valence-electron chi connectivity index (χ0n) is 15.5. The molecule has 11 heteroatoms. The van der Waals surface area contributed by atoms with Gasteiger partial charge in [-0.1, -0.05) is 41.7 Å². The van der Waals surface area contributed by atoms with Crippen LogP contribution in [0.4, 0.5) is 11.4 Å². The lowest BCUT2D eigenvalue weighted by molar-refractivity contribution is -0.384. The third kappa shape index (κ3) is 5.63. The van der Waals surface area contributed by atoms with Crippen LogP contribution < -0.4 is 10.1 Å². The Morgan fingerprint density at radius 3 is 2.63 bits per heavy atom. The fourth-order valence-corrected chi connectivity index (χ4v) is 3.18. The predicted octanol–water partition coefficient (Wildman–Crippen LogP) is 5.82. The minimum atomic E-state index is -0.582. The Morgan fingerprint density at radius 2 is 2.00 bits per heavy atom. The molecule has 0 aliphatic rings. The average Bonchev–Trinajstić information content (AvgIpc) is 3.08. The Balaban J connectivity index is 1.79. The number of anilines is 1. The number of nitrogens with zero attached hydrogens (tertiary/aromatic N) is 3. The number of hydrogen-bond donors (Lipinski definition) is 1. The van der Waals surface area contributed by atoms with E-state index in [0.29, 0.717) is 10.0 Å². The van der Waals surface area contributed by atoms with Gasteiger partial charge < -0.3 is 10.1 Å². The first-order chi connectivity index (χ1) is 14.2. The lowest BCUT2D eigenvalue weighted by Crippen LogP contribution is -2.24. The summed E-state index contributed by atoms with van der Waals surface area (Å²) in [4.78, 5) is 23.3. The molecule has 156 valence electrons. The maximum absolute atomic E-state index is 12.5. The molecule has 0 radical (unpaired) electrons. The summed E-state index contributed by atoms with van der Waals surface area (Å²) < 4.78 is 7.20. The second-order valence-corrected chi connectivity index (χ2v) is 7.70. The number of carbonyl (C=O) groups is 1. The first-order valence-corrected chi connectivity index (χ1v) is 9.76. The van der Waals surface area contributed by atoms with Gasteiger partial charge in [0.2, 0.25) is 5.91 Å². The van der Waals surface area contributed by atoms with Crippen molar-refractivity contribution in [3.8, 4) is 11.5 Å². The number of ether oxygens (including phenoxy) is 1. The van der Waals surface area contributed by atoms with Crippen LogP contribution in [0.25, 0.3) is 0 Å². The second kappa shape index (κ2) is 9.34. The van der Waals surface area contributed by atoms with Gasteiger partial charge in [0.1, 0.15) is 11.5 Å². The molecular formula is C19H15Cl3N4O4. The standard InChI is InChI=1S/C19H15Cl3N4O4/c1-11(9-25-10-13(21)8-23-25)19(27)24-14-5-15(26(28)29)7-16(6-14)30-18-3-2-12(20)4-17(18)22/h2-8,10-11H,9H2,1H3,(H,24,27). The molecule has 0 aliphatic heterocycles. The van der Waals surface area contributed by atoms with E-state index in [0.717, 1.165) is 0 Å². The van der Waals surface area contributed by atoms with Crippen molar-refractivity contribution in [2.75, 3.05) is 5.32 Å². The van der Waals surface area contributed by atoms with E-state index >= 15 is 0 Å². The zero-order valence-corrected chi connectivity index (χ0v) is 17.8. The number of nitrogens with one attached hydrogen (secondary N) is 1. The highest BCUT2D eigenvalue weighted by molar-refractivity contribution is 6.35. The van der Waals surface area contributed by atoms with Crippen LogP contribution in [-0.2, 0) is 11.3 Å². The molecule has 1 atom stereocenters. The second-order valence-electron chi connectivity index (χ2n) is 6.42. The molecule has 1 heterocycles. The number of amides is 1. The van der Waals surface area contributed by atoms with Crippen LogP contribution in [0.5, 0.6) is 11.5 Å². The number of aromatic nitrogens is 2. The van der Waals surface area contributed by atoms with Gasteiger partial charge in [-0.25, -0.2) is 0 Å². The lowest BCUT2D eigenvalue weighted by atomic mass is 10.1. The van der Waals surface area contributed by atoms with Crippen molar-refractivity contribution in [3.05, 3.63) is 74.0 Å². The number of hydrogen-bond acceptors (Lipinski definition) is 5. The molecule has 1 amide bonds. The highest BCUT2D eigenvalue weighted by atomic mass is 35.5. The number of benzene rings is 2. The predicted molar refractivity (Wildman–Crippen MR) is 115 cm³/mol. The molecule has 0 spiro atoms. The first-order valence-electron chi connectivity index (χ1n) is 8.62. The van der Waals surface area contributed by atoms with Crippen LogP contribution in [0, 0.1) is 16.0 Å². The van der Waals surface area contributed by atoms with E-state index in [1.807, 2.05) is 0 Å².